The number of aryl methyl sites for hydroxylation is 1. The van der Waals surface area contributed by atoms with Crippen LogP contribution >= 0.6 is 0 Å². The lowest BCUT2D eigenvalue weighted by molar-refractivity contribution is 0.101. The highest BCUT2D eigenvalue weighted by molar-refractivity contribution is 6.03. The summed E-state index contributed by atoms with van der Waals surface area (Å²) in [5.74, 6) is 0.511. The predicted octanol–water partition coefficient (Wildman–Crippen LogP) is 1.93. The summed E-state index contributed by atoms with van der Waals surface area (Å²) in [6.07, 6.45) is 1.80. The van der Waals surface area contributed by atoms with E-state index in [0.717, 1.165) is 48.5 Å². The van der Waals surface area contributed by atoms with Crippen molar-refractivity contribution >= 4 is 28.4 Å². The van der Waals surface area contributed by atoms with Crippen molar-refractivity contribution in [1.82, 2.24) is 20.3 Å². The molecule has 0 bridgehead atoms. The minimum absolute atomic E-state index is 0.289. The number of anilines is 2. The molecule has 1 fully saturated rings. The van der Waals surface area contributed by atoms with E-state index < -0.39 is 0 Å². The molecule has 1 aromatic carbocycles. The summed E-state index contributed by atoms with van der Waals surface area (Å²) >= 11 is 0. The van der Waals surface area contributed by atoms with Crippen molar-refractivity contribution in [2.45, 2.75) is 6.92 Å². The Labute approximate surface area is 145 Å². The Morgan fingerprint density at radius 3 is 2.76 bits per heavy atom. The van der Waals surface area contributed by atoms with Crippen molar-refractivity contribution < 1.29 is 4.79 Å². The first-order valence-electron chi connectivity index (χ1n) is 8.39. The van der Waals surface area contributed by atoms with Gasteiger partial charge < -0.3 is 20.5 Å². The normalized spacial score (nSPS) is 14.7. The molecule has 0 unspecified atom stereocenters. The number of aromatic nitrogens is 3. The van der Waals surface area contributed by atoms with Crippen LogP contribution in [0.3, 0.4) is 0 Å². The van der Waals surface area contributed by atoms with Gasteiger partial charge in [-0.05, 0) is 30.7 Å². The summed E-state index contributed by atoms with van der Waals surface area (Å²) in [7, 11) is 0. The summed E-state index contributed by atoms with van der Waals surface area (Å²) < 4.78 is 0. The molecule has 1 amide bonds. The van der Waals surface area contributed by atoms with E-state index in [4.69, 9.17) is 0 Å². The second kappa shape index (κ2) is 6.52. The van der Waals surface area contributed by atoms with Gasteiger partial charge in [-0.2, -0.15) is 0 Å². The van der Waals surface area contributed by atoms with Gasteiger partial charge in [0.1, 0.15) is 5.82 Å². The summed E-state index contributed by atoms with van der Waals surface area (Å²) in [6, 6.07) is 9.63. The number of rotatable bonds is 3. The number of fused-ring (bicyclic) bond motifs is 1. The summed E-state index contributed by atoms with van der Waals surface area (Å²) in [5.41, 5.74) is 3.77. The molecule has 0 spiro atoms. The van der Waals surface area contributed by atoms with Crippen molar-refractivity contribution in [1.29, 1.82) is 0 Å². The zero-order chi connectivity index (χ0) is 17.2. The molecule has 1 aliphatic rings. The van der Waals surface area contributed by atoms with Gasteiger partial charge in [-0.15, -0.1) is 0 Å². The van der Waals surface area contributed by atoms with Crippen LogP contribution in [0.15, 0.2) is 36.5 Å². The average molecular weight is 336 g/mol. The molecule has 1 aliphatic heterocycles. The number of hydrogen-bond acceptors (Lipinski definition) is 5. The fraction of sp³-hybridized carbons (Fsp3) is 0.278. The molecule has 7 nitrogen and oxygen atoms in total. The molecule has 3 aromatic rings. The summed E-state index contributed by atoms with van der Waals surface area (Å²) in [6.45, 7) is 5.85. The molecular formula is C18H20N6O. The number of amides is 1. The second-order valence-electron chi connectivity index (χ2n) is 6.15. The molecule has 1 saturated heterocycles. The molecular weight excluding hydrogens is 316 g/mol. The number of piperazine rings is 1. The SMILES string of the molecule is Cc1cccc2[nH]c(C(=O)Nc3ccc(N4CCNCC4)cn3)nc12. The van der Waals surface area contributed by atoms with Crippen molar-refractivity contribution in [2.75, 3.05) is 36.4 Å². The van der Waals surface area contributed by atoms with Crippen LogP contribution in [0.5, 0.6) is 0 Å². The fourth-order valence-corrected chi connectivity index (χ4v) is 3.03. The van der Waals surface area contributed by atoms with Crippen LogP contribution in [0.4, 0.5) is 11.5 Å². The van der Waals surface area contributed by atoms with E-state index in [9.17, 15) is 4.79 Å². The highest BCUT2D eigenvalue weighted by Crippen LogP contribution is 2.18. The number of pyridine rings is 1. The molecule has 0 aliphatic carbocycles. The van der Waals surface area contributed by atoms with E-state index in [1.54, 1.807) is 6.20 Å². The van der Waals surface area contributed by atoms with Gasteiger partial charge in [-0.3, -0.25) is 4.79 Å². The van der Waals surface area contributed by atoms with Gasteiger partial charge in [0.25, 0.3) is 5.91 Å². The van der Waals surface area contributed by atoms with E-state index in [0.29, 0.717) is 5.82 Å². The third kappa shape index (κ3) is 3.18. The first kappa shape index (κ1) is 15.6. The Morgan fingerprint density at radius 1 is 1.20 bits per heavy atom. The van der Waals surface area contributed by atoms with Gasteiger partial charge in [0, 0.05) is 26.2 Å². The number of hydrogen-bond donors (Lipinski definition) is 3. The second-order valence-corrected chi connectivity index (χ2v) is 6.15. The van der Waals surface area contributed by atoms with Crippen LogP contribution in [0.1, 0.15) is 16.2 Å². The molecule has 7 heteroatoms. The van der Waals surface area contributed by atoms with Crippen molar-refractivity contribution in [3.8, 4) is 0 Å². The van der Waals surface area contributed by atoms with E-state index in [2.05, 4.69) is 30.5 Å². The maximum absolute atomic E-state index is 12.4. The smallest absolute Gasteiger partial charge is 0.292 e. The number of para-hydroxylation sites is 1. The molecule has 4 rings (SSSR count). The van der Waals surface area contributed by atoms with Gasteiger partial charge in [-0.1, -0.05) is 12.1 Å². The van der Waals surface area contributed by atoms with Crippen LogP contribution in [0.2, 0.25) is 0 Å². The van der Waals surface area contributed by atoms with E-state index in [1.807, 2.05) is 37.3 Å². The number of aromatic amines is 1. The lowest BCUT2D eigenvalue weighted by Crippen LogP contribution is -2.43. The molecule has 3 N–H and O–H groups in total. The molecule has 128 valence electrons. The number of carbonyl (C=O) groups excluding carboxylic acids is 1. The number of carbonyl (C=O) groups is 1. The lowest BCUT2D eigenvalue weighted by Gasteiger charge is -2.29. The lowest BCUT2D eigenvalue weighted by atomic mass is 10.2. The van der Waals surface area contributed by atoms with Crippen molar-refractivity contribution in [3.05, 3.63) is 47.9 Å². The van der Waals surface area contributed by atoms with E-state index in [1.165, 1.54) is 0 Å². The zero-order valence-corrected chi connectivity index (χ0v) is 14.0. The summed E-state index contributed by atoms with van der Waals surface area (Å²) in [5, 5.41) is 6.12. The Hall–Kier alpha value is -2.93. The first-order chi connectivity index (χ1) is 12.2. The van der Waals surface area contributed by atoms with Gasteiger partial charge >= 0.3 is 0 Å². The minimum Gasteiger partial charge on any atom is -0.368 e. The Balaban J connectivity index is 1.49. The highest BCUT2D eigenvalue weighted by Gasteiger charge is 2.14. The topological polar surface area (TPSA) is 85.9 Å². The zero-order valence-electron chi connectivity index (χ0n) is 14.0. The maximum atomic E-state index is 12.4. The molecule has 0 saturated carbocycles. The van der Waals surface area contributed by atoms with Crippen molar-refractivity contribution in [2.24, 2.45) is 0 Å². The third-order valence-corrected chi connectivity index (χ3v) is 4.40. The molecule has 0 atom stereocenters. The van der Waals surface area contributed by atoms with Crippen LogP contribution in [-0.4, -0.2) is 47.0 Å². The number of nitrogens with zero attached hydrogens (tertiary/aromatic N) is 3. The van der Waals surface area contributed by atoms with E-state index >= 15 is 0 Å². The summed E-state index contributed by atoms with van der Waals surface area (Å²) in [4.78, 5) is 26.5. The van der Waals surface area contributed by atoms with Gasteiger partial charge in [0.2, 0.25) is 0 Å². The number of imidazole rings is 1. The van der Waals surface area contributed by atoms with Crippen LogP contribution in [0.25, 0.3) is 11.0 Å². The molecule has 0 radical (unpaired) electrons. The van der Waals surface area contributed by atoms with Crippen molar-refractivity contribution in [3.63, 3.8) is 0 Å². The fourth-order valence-electron chi connectivity index (χ4n) is 3.03. The van der Waals surface area contributed by atoms with Crippen LogP contribution in [-0.2, 0) is 0 Å². The highest BCUT2D eigenvalue weighted by atomic mass is 16.2. The largest absolute Gasteiger partial charge is 0.368 e. The molecule has 25 heavy (non-hydrogen) atoms. The minimum atomic E-state index is -0.293. The number of nitrogens with one attached hydrogen (secondary N) is 3. The third-order valence-electron chi connectivity index (χ3n) is 4.40. The monoisotopic (exact) mass is 336 g/mol. The standard InChI is InChI=1S/C18H20N6O/c1-12-3-2-4-14-16(12)23-17(21-14)18(25)22-15-6-5-13(11-20-15)24-9-7-19-8-10-24/h2-6,11,19H,7-10H2,1H3,(H,21,23)(H,20,22,25). The van der Waals surface area contributed by atoms with Crippen LogP contribution < -0.4 is 15.5 Å². The average Bonchev–Trinajstić information content (AvgIpc) is 3.09. The Bertz CT molecular complexity index is 896. The van der Waals surface area contributed by atoms with Gasteiger partial charge in [0.15, 0.2) is 5.82 Å². The number of benzene rings is 1. The molecule has 2 aromatic heterocycles. The molecule has 3 heterocycles. The Kier molecular flexibility index (Phi) is 4.07. The maximum Gasteiger partial charge on any atom is 0.292 e. The first-order valence-corrected chi connectivity index (χ1v) is 8.39. The van der Waals surface area contributed by atoms with Crippen LogP contribution in [0, 0.1) is 6.92 Å². The Morgan fingerprint density at radius 2 is 2.04 bits per heavy atom. The van der Waals surface area contributed by atoms with Gasteiger partial charge in [-0.25, -0.2) is 9.97 Å². The predicted molar refractivity (Wildman–Crippen MR) is 98.1 cm³/mol. The number of H-pyrrole nitrogens is 1. The van der Waals surface area contributed by atoms with Gasteiger partial charge in [0.05, 0.1) is 22.9 Å². The van der Waals surface area contributed by atoms with E-state index in [-0.39, 0.29) is 11.7 Å². The quantitative estimate of drug-likeness (QED) is 0.680.